The molecule has 98 valence electrons. The van der Waals surface area contributed by atoms with Crippen molar-refractivity contribution in [3.8, 4) is 6.07 Å². The topological polar surface area (TPSA) is 95.7 Å². The molecule has 1 N–H and O–H groups in total. The zero-order valence-electron chi connectivity index (χ0n) is 9.94. The van der Waals surface area contributed by atoms with Crippen molar-refractivity contribution >= 4 is 21.4 Å². The van der Waals surface area contributed by atoms with Gasteiger partial charge in [-0.1, -0.05) is 0 Å². The molecule has 19 heavy (non-hydrogen) atoms. The van der Waals surface area contributed by atoms with E-state index < -0.39 is 16.1 Å². The zero-order chi connectivity index (χ0) is 13.9. The molecule has 0 radical (unpaired) electrons. The number of nitrogens with zero attached hydrogens (tertiary/aromatic N) is 3. The Morgan fingerprint density at radius 2 is 2.21 bits per heavy atom. The lowest BCUT2D eigenvalue weighted by atomic mass is 10.4. The minimum Gasteiger partial charge on any atom is -0.248 e. The number of aromatic nitrogens is 2. The van der Waals surface area contributed by atoms with Gasteiger partial charge in [0.05, 0.1) is 6.04 Å². The summed E-state index contributed by atoms with van der Waals surface area (Å²) in [5.41, 5.74) is -0.124. The second-order valence-electron chi connectivity index (χ2n) is 3.68. The highest BCUT2D eigenvalue weighted by Gasteiger charge is 2.23. The first-order valence-electron chi connectivity index (χ1n) is 5.31. The highest BCUT2D eigenvalue weighted by Crippen LogP contribution is 2.19. The van der Waals surface area contributed by atoms with E-state index in [1.165, 1.54) is 29.7 Å². The summed E-state index contributed by atoms with van der Waals surface area (Å²) in [6, 6.07) is 4.13. The molecular weight excluding hydrogens is 284 g/mol. The standard InChI is InChI=1S/C11H10N4O2S2/c1-8(11-14-5-6-18-11)15-19(16,17)10-3-2-4-13-9(10)7-12/h2-6,8,15H,1H3. The Morgan fingerprint density at radius 3 is 2.84 bits per heavy atom. The monoisotopic (exact) mass is 294 g/mol. The Kier molecular flexibility index (Phi) is 3.90. The van der Waals surface area contributed by atoms with Crippen molar-refractivity contribution in [1.29, 1.82) is 5.26 Å². The molecule has 2 heterocycles. The van der Waals surface area contributed by atoms with Gasteiger partial charge in [-0.2, -0.15) is 5.26 Å². The molecule has 6 nitrogen and oxygen atoms in total. The molecule has 8 heteroatoms. The summed E-state index contributed by atoms with van der Waals surface area (Å²) in [6.07, 6.45) is 2.98. The number of pyridine rings is 1. The maximum absolute atomic E-state index is 12.2. The normalized spacial score (nSPS) is 12.8. The fraction of sp³-hybridized carbons (Fsp3) is 0.182. The first kappa shape index (κ1) is 13.6. The van der Waals surface area contributed by atoms with Crippen molar-refractivity contribution in [2.75, 3.05) is 0 Å². The van der Waals surface area contributed by atoms with Gasteiger partial charge < -0.3 is 0 Å². The first-order valence-corrected chi connectivity index (χ1v) is 7.67. The van der Waals surface area contributed by atoms with E-state index in [2.05, 4.69) is 14.7 Å². The predicted octanol–water partition coefficient (Wildman–Crippen LogP) is 1.45. The van der Waals surface area contributed by atoms with Crippen LogP contribution in [0.2, 0.25) is 0 Å². The molecule has 2 aromatic rings. The molecule has 0 bridgehead atoms. The van der Waals surface area contributed by atoms with Crippen molar-refractivity contribution in [2.24, 2.45) is 0 Å². The molecule has 0 fully saturated rings. The summed E-state index contributed by atoms with van der Waals surface area (Å²) in [4.78, 5) is 7.66. The summed E-state index contributed by atoms with van der Waals surface area (Å²) >= 11 is 1.36. The molecule has 0 aliphatic rings. The largest absolute Gasteiger partial charge is 0.248 e. The van der Waals surface area contributed by atoms with Crippen LogP contribution in [-0.2, 0) is 10.0 Å². The molecule has 0 aliphatic heterocycles. The van der Waals surface area contributed by atoms with Crippen molar-refractivity contribution in [2.45, 2.75) is 17.9 Å². The lowest BCUT2D eigenvalue weighted by Gasteiger charge is -2.12. The van der Waals surface area contributed by atoms with Crippen molar-refractivity contribution in [3.05, 3.63) is 40.6 Å². The predicted molar refractivity (Wildman–Crippen MR) is 69.8 cm³/mol. The second kappa shape index (κ2) is 5.44. The van der Waals surface area contributed by atoms with Crippen LogP contribution in [0.25, 0.3) is 0 Å². The number of sulfonamides is 1. The van der Waals surface area contributed by atoms with Gasteiger partial charge >= 0.3 is 0 Å². The van der Waals surface area contributed by atoms with Crippen LogP contribution in [0.3, 0.4) is 0 Å². The SMILES string of the molecule is CC(NS(=O)(=O)c1cccnc1C#N)c1nccs1. The molecule has 0 saturated heterocycles. The maximum Gasteiger partial charge on any atom is 0.244 e. The minimum absolute atomic E-state index is 0.124. The Balaban J connectivity index is 2.31. The van der Waals surface area contributed by atoms with E-state index in [0.717, 1.165) is 0 Å². The van der Waals surface area contributed by atoms with Crippen LogP contribution in [0.1, 0.15) is 23.7 Å². The van der Waals surface area contributed by atoms with Crippen LogP contribution in [0.4, 0.5) is 0 Å². The molecule has 0 aromatic carbocycles. The van der Waals surface area contributed by atoms with Crippen LogP contribution in [-0.4, -0.2) is 18.4 Å². The van der Waals surface area contributed by atoms with E-state index in [1.807, 2.05) is 0 Å². The van der Waals surface area contributed by atoms with Gasteiger partial charge in [0, 0.05) is 17.8 Å². The quantitative estimate of drug-likeness (QED) is 0.920. The van der Waals surface area contributed by atoms with E-state index in [0.29, 0.717) is 5.01 Å². The third-order valence-electron chi connectivity index (χ3n) is 2.32. The fourth-order valence-electron chi connectivity index (χ4n) is 1.49. The van der Waals surface area contributed by atoms with E-state index in [1.54, 1.807) is 24.6 Å². The molecular formula is C11H10N4O2S2. The molecule has 2 rings (SSSR count). The third-order valence-corrected chi connectivity index (χ3v) is 4.85. The molecule has 0 spiro atoms. The summed E-state index contributed by atoms with van der Waals surface area (Å²) in [5, 5.41) is 11.3. The fourth-order valence-corrected chi connectivity index (χ4v) is 3.52. The van der Waals surface area contributed by atoms with Gasteiger partial charge in [0.1, 0.15) is 16.0 Å². The van der Waals surface area contributed by atoms with Crippen molar-refractivity contribution in [1.82, 2.24) is 14.7 Å². The Bertz CT molecular complexity index is 705. The minimum atomic E-state index is -3.80. The van der Waals surface area contributed by atoms with Gasteiger partial charge in [0.2, 0.25) is 10.0 Å². The average Bonchev–Trinajstić information content (AvgIpc) is 2.92. The summed E-state index contributed by atoms with van der Waals surface area (Å²) in [6.45, 7) is 1.69. The molecule has 0 aliphatic carbocycles. The number of nitrogens with one attached hydrogen (secondary N) is 1. The van der Waals surface area contributed by atoms with Crippen LogP contribution in [0.15, 0.2) is 34.8 Å². The van der Waals surface area contributed by atoms with Crippen LogP contribution in [0, 0.1) is 11.3 Å². The average molecular weight is 294 g/mol. The first-order chi connectivity index (χ1) is 9.04. The number of hydrogen-bond acceptors (Lipinski definition) is 6. The Labute approximate surface area is 114 Å². The summed E-state index contributed by atoms with van der Waals surface area (Å²) < 4.78 is 26.9. The van der Waals surface area contributed by atoms with E-state index in [4.69, 9.17) is 5.26 Å². The van der Waals surface area contributed by atoms with Crippen LogP contribution >= 0.6 is 11.3 Å². The lowest BCUT2D eigenvalue weighted by Crippen LogP contribution is -2.27. The van der Waals surface area contributed by atoms with Gasteiger partial charge in [-0.25, -0.2) is 23.1 Å². The number of rotatable bonds is 4. The Morgan fingerprint density at radius 1 is 1.42 bits per heavy atom. The maximum atomic E-state index is 12.2. The van der Waals surface area contributed by atoms with Gasteiger partial charge in [-0.05, 0) is 19.1 Å². The highest BCUT2D eigenvalue weighted by atomic mass is 32.2. The summed E-state index contributed by atoms with van der Waals surface area (Å²) in [7, 11) is -3.80. The van der Waals surface area contributed by atoms with Gasteiger partial charge in [-0.3, -0.25) is 0 Å². The second-order valence-corrected chi connectivity index (χ2v) is 6.28. The number of nitriles is 1. The molecule has 0 saturated carbocycles. The van der Waals surface area contributed by atoms with Gasteiger partial charge in [0.25, 0.3) is 0 Å². The molecule has 1 unspecified atom stereocenters. The van der Waals surface area contributed by atoms with Crippen LogP contribution < -0.4 is 4.72 Å². The Hall–Kier alpha value is -1.82. The van der Waals surface area contributed by atoms with Crippen molar-refractivity contribution in [3.63, 3.8) is 0 Å². The molecule has 1 atom stereocenters. The lowest BCUT2D eigenvalue weighted by molar-refractivity contribution is 0.565. The van der Waals surface area contributed by atoms with E-state index in [9.17, 15) is 8.42 Å². The van der Waals surface area contributed by atoms with E-state index in [-0.39, 0.29) is 10.6 Å². The number of thiazole rings is 1. The van der Waals surface area contributed by atoms with Crippen LogP contribution in [0.5, 0.6) is 0 Å². The summed E-state index contributed by atoms with van der Waals surface area (Å²) in [5.74, 6) is 0. The zero-order valence-corrected chi connectivity index (χ0v) is 11.6. The highest BCUT2D eigenvalue weighted by molar-refractivity contribution is 7.89. The van der Waals surface area contributed by atoms with Crippen molar-refractivity contribution < 1.29 is 8.42 Å². The van der Waals surface area contributed by atoms with Gasteiger partial charge in [0.15, 0.2) is 5.69 Å². The van der Waals surface area contributed by atoms with Gasteiger partial charge in [-0.15, -0.1) is 11.3 Å². The smallest absolute Gasteiger partial charge is 0.244 e. The third kappa shape index (κ3) is 2.96. The van der Waals surface area contributed by atoms with E-state index >= 15 is 0 Å². The number of hydrogen-bond donors (Lipinski definition) is 1. The molecule has 2 aromatic heterocycles. The molecule has 0 amide bonds.